The molecule has 1 rings (SSSR count). The summed E-state index contributed by atoms with van der Waals surface area (Å²) in [6, 6.07) is 0. The number of ether oxygens (including phenoxy) is 1. The molecule has 1 aromatic heterocycles. The molecule has 100 valence electrons. The third-order valence-electron chi connectivity index (χ3n) is 1.97. The molecule has 0 radical (unpaired) electrons. The topological polar surface area (TPSA) is 64.1 Å². The van der Waals surface area contributed by atoms with Crippen LogP contribution in [0, 0.1) is 0 Å². The van der Waals surface area contributed by atoms with Crippen LogP contribution in [0.25, 0.3) is 0 Å². The van der Waals surface area contributed by atoms with Crippen molar-refractivity contribution in [2.45, 2.75) is 19.0 Å². The fourth-order valence-electron chi connectivity index (χ4n) is 1.16. The Labute approximate surface area is 101 Å². The average Bonchev–Trinajstić information content (AvgIpc) is 2.33. The maximum atomic E-state index is 11.9. The Bertz CT molecular complexity index is 410. The molecule has 8 heteroatoms. The van der Waals surface area contributed by atoms with Crippen molar-refractivity contribution in [2.75, 3.05) is 19.0 Å². The maximum Gasteiger partial charge on any atom is 0.389 e. The summed E-state index contributed by atoms with van der Waals surface area (Å²) >= 11 is 0. The fraction of sp³-hybridized carbons (Fsp3) is 0.500. The highest BCUT2D eigenvalue weighted by atomic mass is 19.4. The number of carbonyl (C=O) groups is 1. The van der Waals surface area contributed by atoms with Crippen molar-refractivity contribution in [3.8, 4) is 0 Å². The first-order chi connectivity index (χ1) is 8.42. The highest BCUT2D eigenvalue weighted by Crippen LogP contribution is 2.21. The van der Waals surface area contributed by atoms with Crippen LogP contribution in [0.15, 0.2) is 12.4 Å². The first kappa shape index (κ1) is 14.2. The number of carbonyl (C=O) groups excluding carboxylic acids is 1. The Morgan fingerprint density at radius 3 is 2.78 bits per heavy atom. The standard InChI is InChI=1S/C10H12F3N3O2/c1-18-9(17)7-5-14-6-8(16-7)15-4-2-3-10(11,12)13/h5-6H,2-4H2,1H3,(H,15,16). The third-order valence-corrected chi connectivity index (χ3v) is 1.97. The first-order valence-electron chi connectivity index (χ1n) is 5.13. The lowest BCUT2D eigenvalue weighted by Crippen LogP contribution is -2.12. The van der Waals surface area contributed by atoms with E-state index in [1.165, 1.54) is 19.5 Å². The van der Waals surface area contributed by atoms with Gasteiger partial charge in [-0.3, -0.25) is 4.98 Å². The number of hydrogen-bond donors (Lipinski definition) is 1. The van der Waals surface area contributed by atoms with Crippen molar-refractivity contribution in [2.24, 2.45) is 0 Å². The van der Waals surface area contributed by atoms with Gasteiger partial charge in [-0.2, -0.15) is 13.2 Å². The van der Waals surface area contributed by atoms with Gasteiger partial charge in [0.2, 0.25) is 0 Å². The molecule has 0 aromatic carbocycles. The third kappa shape index (κ3) is 4.98. The summed E-state index contributed by atoms with van der Waals surface area (Å²) in [5, 5.41) is 2.66. The molecule has 0 saturated carbocycles. The minimum absolute atomic E-state index is 0.00155. The lowest BCUT2D eigenvalue weighted by Gasteiger charge is -2.08. The van der Waals surface area contributed by atoms with E-state index in [0.29, 0.717) is 0 Å². The van der Waals surface area contributed by atoms with Gasteiger partial charge in [0, 0.05) is 13.0 Å². The predicted molar refractivity (Wildman–Crippen MR) is 57.2 cm³/mol. The van der Waals surface area contributed by atoms with Crippen LogP contribution in [-0.2, 0) is 4.74 Å². The number of anilines is 1. The summed E-state index contributed by atoms with van der Waals surface area (Å²) in [4.78, 5) is 18.7. The van der Waals surface area contributed by atoms with Crippen molar-refractivity contribution in [3.05, 3.63) is 18.1 Å². The Morgan fingerprint density at radius 1 is 1.44 bits per heavy atom. The Balaban J connectivity index is 2.45. The maximum absolute atomic E-state index is 11.9. The highest BCUT2D eigenvalue weighted by Gasteiger charge is 2.25. The van der Waals surface area contributed by atoms with Crippen molar-refractivity contribution in [1.82, 2.24) is 9.97 Å². The van der Waals surface area contributed by atoms with Gasteiger partial charge in [-0.05, 0) is 6.42 Å². The second kappa shape index (κ2) is 6.18. The van der Waals surface area contributed by atoms with Gasteiger partial charge in [0.15, 0.2) is 5.69 Å². The molecule has 1 N–H and O–H groups in total. The molecule has 1 heterocycles. The van der Waals surface area contributed by atoms with Crippen LogP contribution in [-0.4, -0.2) is 35.8 Å². The van der Waals surface area contributed by atoms with Gasteiger partial charge in [-0.15, -0.1) is 0 Å². The van der Waals surface area contributed by atoms with Gasteiger partial charge in [0.05, 0.1) is 19.5 Å². The van der Waals surface area contributed by atoms with Gasteiger partial charge >= 0.3 is 12.1 Å². The molecular weight excluding hydrogens is 251 g/mol. The van der Waals surface area contributed by atoms with Crippen molar-refractivity contribution in [1.29, 1.82) is 0 Å². The molecule has 0 fully saturated rings. The number of halogens is 3. The number of nitrogens with zero attached hydrogens (tertiary/aromatic N) is 2. The molecule has 0 amide bonds. The monoisotopic (exact) mass is 263 g/mol. The molecule has 0 aliphatic heterocycles. The smallest absolute Gasteiger partial charge is 0.389 e. The van der Waals surface area contributed by atoms with Crippen molar-refractivity contribution < 1.29 is 22.7 Å². The summed E-state index contributed by atoms with van der Waals surface area (Å²) < 4.78 is 40.1. The zero-order chi connectivity index (χ0) is 13.6. The zero-order valence-corrected chi connectivity index (χ0v) is 9.62. The van der Waals surface area contributed by atoms with Gasteiger partial charge < -0.3 is 10.1 Å². The summed E-state index contributed by atoms with van der Waals surface area (Å²) in [6.07, 6.45) is -2.58. The number of methoxy groups -OCH3 is 1. The minimum atomic E-state index is -4.17. The van der Waals surface area contributed by atoms with Crippen LogP contribution in [0.1, 0.15) is 23.3 Å². The van der Waals surface area contributed by atoms with Crippen LogP contribution in [0.2, 0.25) is 0 Å². The van der Waals surface area contributed by atoms with Crippen LogP contribution in [0.3, 0.4) is 0 Å². The number of esters is 1. The quantitative estimate of drug-likeness (QED) is 0.650. The molecule has 18 heavy (non-hydrogen) atoms. The largest absolute Gasteiger partial charge is 0.464 e. The van der Waals surface area contributed by atoms with Crippen LogP contribution in [0.4, 0.5) is 19.0 Å². The lowest BCUT2D eigenvalue weighted by molar-refractivity contribution is -0.134. The molecule has 1 aromatic rings. The molecule has 0 unspecified atom stereocenters. The van der Waals surface area contributed by atoms with Crippen molar-refractivity contribution >= 4 is 11.8 Å². The summed E-state index contributed by atoms with van der Waals surface area (Å²) in [5.74, 6) is -0.415. The highest BCUT2D eigenvalue weighted by molar-refractivity contribution is 5.87. The Morgan fingerprint density at radius 2 is 2.17 bits per heavy atom. The molecule has 0 aliphatic rings. The summed E-state index contributed by atoms with van der Waals surface area (Å²) in [6.45, 7) is 0.0960. The molecule has 0 bridgehead atoms. The van der Waals surface area contributed by atoms with E-state index in [-0.39, 0.29) is 24.5 Å². The van der Waals surface area contributed by atoms with Gasteiger partial charge in [0.25, 0.3) is 0 Å². The number of hydrogen-bond acceptors (Lipinski definition) is 5. The van der Waals surface area contributed by atoms with Gasteiger partial charge in [-0.1, -0.05) is 0 Å². The Hall–Kier alpha value is -1.86. The van der Waals surface area contributed by atoms with Crippen molar-refractivity contribution in [3.63, 3.8) is 0 Å². The number of alkyl halides is 3. The molecule has 0 aliphatic carbocycles. The zero-order valence-electron chi connectivity index (χ0n) is 9.62. The van der Waals surface area contributed by atoms with Crippen LogP contribution >= 0.6 is 0 Å². The number of aromatic nitrogens is 2. The number of rotatable bonds is 5. The van der Waals surface area contributed by atoms with E-state index in [1.54, 1.807) is 0 Å². The minimum Gasteiger partial charge on any atom is -0.464 e. The van der Waals surface area contributed by atoms with Crippen LogP contribution in [0.5, 0.6) is 0 Å². The van der Waals surface area contributed by atoms with E-state index < -0.39 is 18.6 Å². The molecule has 0 atom stereocenters. The fourth-order valence-corrected chi connectivity index (χ4v) is 1.16. The summed E-state index contributed by atoms with van der Waals surface area (Å²) in [7, 11) is 1.20. The van der Waals surface area contributed by atoms with E-state index in [4.69, 9.17) is 0 Å². The second-order valence-corrected chi connectivity index (χ2v) is 3.43. The van der Waals surface area contributed by atoms with Gasteiger partial charge in [-0.25, -0.2) is 9.78 Å². The summed E-state index contributed by atoms with van der Waals surface area (Å²) in [5.41, 5.74) is -0.00155. The predicted octanol–water partition coefficient (Wildman–Crippen LogP) is 2.02. The lowest BCUT2D eigenvalue weighted by atomic mass is 10.3. The molecule has 0 saturated heterocycles. The van der Waals surface area contributed by atoms with E-state index in [2.05, 4.69) is 20.0 Å². The van der Waals surface area contributed by atoms with Gasteiger partial charge in [0.1, 0.15) is 5.82 Å². The Kier molecular flexibility index (Phi) is 4.87. The number of nitrogens with one attached hydrogen (secondary N) is 1. The second-order valence-electron chi connectivity index (χ2n) is 3.43. The molecular formula is C10H12F3N3O2. The van der Waals surface area contributed by atoms with Crippen LogP contribution < -0.4 is 5.32 Å². The normalized spacial score (nSPS) is 11.1. The van der Waals surface area contributed by atoms with E-state index >= 15 is 0 Å². The van der Waals surface area contributed by atoms with E-state index in [9.17, 15) is 18.0 Å². The first-order valence-corrected chi connectivity index (χ1v) is 5.13. The molecule has 5 nitrogen and oxygen atoms in total. The molecule has 0 spiro atoms. The van der Waals surface area contributed by atoms with E-state index in [1.807, 2.05) is 0 Å². The van der Waals surface area contributed by atoms with E-state index in [0.717, 1.165) is 0 Å². The SMILES string of the molecule is COC(=O)c1cncc(NCCCC(F)(F)F)n1. The average molecular weight is 263 g/mol.